The number of hydrogen-bond donors (Lipinski definition) is 1. The van der Waals surface area contributed by atoms with Gasteiger partial charge in [0.2, 0.25) is 9.84 Å². The Bertz CT molecular complexity index is 699. The van der Waals surface area contributed by atoms with E-state index >= 15 is 0 Å². The van der Waals surface area contributed by atoms with Crippen molar-refractivity contribution in [2.75, 3.05) is 5.32 Å². The number of sulfone groups is 1. The zero-order valence-electron chi connectivity index (χ0n) is 11.3. The first kappa shape index (κ1) is 15.4. The number of alkyl halides is 2. The Labute approximate surface area is 121 Å². The monoisotopic (exact) mass is 312 g/mol. The van der Waals surface area contributed by atoms with E-state index in [1.165, 1.54) is 12.1 Å². The van der Waals surface area contributed by atoms with E-state index in [0.29, 0.717) is 12.2 Å². The second-order valence-electron chi connectivity index (χ2n) is 4.49. The highest BCUT2D eigenvalue weighted by Crippen LogP contribution is 2.20. The lowest BCUT2D eigenvalue weighted by atomic mass is 10.2. The Hall–Kier alpha value is -2.02. The van der Waals surface area contributed by atoms with Crippen LogP contribution < -0.4 is 5.32 Å². The van der Waals surface area contributed by atoms with Crippen LogP contribution >= 0.6 is 0 Å². The minimum Gasteiger partial charge on any atom is -0.381 e. The van der Waals surface area contributed by atoms with E-state index in [2.05, 4.69) is 10.3 Å². The lowest BCUT2D eigenvalue weighted by molar-refractivity contribution is 0.234. The standard InChI is InChI=1S/C14H14F2N2O2S/c1-10-2-3-11(8-17-10)9-18-12-4-6-13(7-5-12)21(19,20)14(15)16/h2-8,14,18H,9H2,1H3. The van der Waals surface area contributed by atoms with Gasteiger partial charge in [-0.1, -0.05) is 6.07 Å². The number of benzene rings is 1. The first-order valence-electron chi connectivity index (χ1n) is 6.17. The third-order valence-corrected chi connectivity index (χ3v) is 4.29. The largest absolute Gasteiger partial charge is 0.381 e. The van der Waals surface area contributed by atoms with Gasteiger partial charge in [0.15, 0.2) is 0 Å². The molecule has 0 aliphatic rings. The van der Waals surface area contributed by atoms with Crippen LogP contribution in [0.1, 0.15) is 11.3 Å². The minimum atomic E-state index is -4.54. The van der Waals surface area contributed by atoms with E-state index in [4.69, 9.17) is 0 Å². The number of aryl methyl sites for hydroxylation is 1. The summed E-state index contributed by atoms with van der Waals surface area (Å²) >= 11 is 0. The van der Waals surface area contributed by atoms with Crippen molar-refractivity contribution in [3.63, 3.8) is 0 Å². The first-order chi connectivity index (χ1) is 9.89. The predicted molar refractivity (Wildman–Crippen MR) is 75.9 cm³/mol. The summed E-state index contributed by atoms with van der Waals surface area (Å²) < 4.78 is 47.3. The fourth-order valence-corrected chi connectivity index (χ4v) is 2.39. The fraction of sp³-hybridized carbons (Fsp3) is 0.214. The Morgan fingerprint density at radius 2 is 1.81 bits per heavy atom. The number of aromatic nitrogens is 1. The molecule has 1 aromatic carbocycles. The summed E-state index contributed by atoms with van der Waals surface area (Å²) in [6.07, 6.45) is 1.73. The van der Waals surface area contributed by atoms with Crippen LogP contribution in [0.15, 0.2) is 47.5 Å². The van der Waals surface area contributed by atoms with Gasteiger partial charge in [0.05, 0.1) is 4.90 Å². The maximum absolute atomic E-state index is 12.4. The molecule has 2 rings (SSSR count). The number of halogens is 2. The molecule has 1 aromatic heterocycles. The van der Waals surface area contributed by atoms with Crippen molar-refractivity contribution in [1.29, 1.82) is 0 Å². The van der Waals surface area contributed by atoms with Crippen LogP contribution in [0.3, 0.4) is 0 Å². The molecule has 0 atom stereocenters. The van der Waals surface area contributed by atoms with Crippen LogP contribution in [-0.4, -0.2) is 19.2 Å². The summed E-state index contributed by atoms with van der Waals surface area (Å²) in [5.41, 5.74) is 2.52. The third kappa shape index (κ3) is 3.75. The van der Waals surface area contributed by atoms with Gasteiger partial charge >= 0.3 is 5.76 Å². The molecule has 0 aliphatic carbocycles. The molecule has 21 heavy (non-hydrogen) atoms. The normalized spacial score (nSPS) is 11.6. The average Bonchev–Trinajstić information content (AvgIpc) is 2.47. The first-order valence-corrected chi connectivity index (χ1v) is 7.72. The molecule has 0 aliphatic heterocycles. The molecule has 112 valence electrons. The van der Waals surface area contributed by atoms with Gasteiger partial charge in [-0.3, -0.25) is 4.98 Å². The molecule has 0 saturated carbocycles. The van der Waals surface area contributed by atoms with Gasteiger partial charge in [0.1, 0.15) is 0 Å². The Kier molecular flexibility index (Phi) is 4.52. The number of anilines is 1. The quantitative estimate of drug-likeness (QED) is 0.922. The number of nitrogens with one attached hydrogen (secondary N) is 1. The third-order valence-electron chi connectivity index (χ3n) is 2.89. The Balaban J connectivity index is 2.05. The lowest BCUT2D eigenvalue weighted by Crippen LogP contribution is -2.11. The highest BCUT2D eigenvalue weighted by Gasteiger charge is 2.26. The average molecular weight is 312 g/mol. The maximum atomic E-state index is 12.4. The molecule has 4 nitrogen and oxygen atoms in total. The number of nitrogens with zero attached hydrogens (tertiary/aromatic N) is 1. The number of rotatable bonds is 5. The molecule has 0 unspecified atom stereocenters. The summed E-state index contributed by atoms with van der Waals surface area (Å²) in [5, 5.41) is 3.07. The zero-order valence-corrected chi connectivity index (χ0v) is 12.1. The zero-order chi connectivity index (χ0) is 15.5. The highest BCUT2D eigenvalue weighted by molar-refractivity contribution is 7.91. The minimum absolute atomic E-state index is 0.389. The number of pyridine rings is 1. The lowest BCUT2D eigenvalue weighted by Gasteiger charge is -2.08. The van der Waals surface area contributed by atoms with Crippen LogP contribution in [0.25, 0.3) is 0 Å². The summed E-state index contributed by atoms with van der Waals surface area (Å²) in [6, 6.07) is 9.04. The van der Waals surface area contributed by atoms with Gasteiger partial charge in [0.25, 0.3) is 0 Å². The molecule has 0 fully saturated rings. The SMILES string of the molecule is Cc1ccc(CNc2ccc(S(=O)(=O)C(F)F)cc2)cn1. The predicted octanol–water partition coefficient (Wildman–Crippen LogP) is 3.00. The molecular weight excluding hydrogens is 298 g/mol. The second-order valence-corrected chi connectivity index (χ2v) is 6.41. The van der Waals surface area contributed by atoms with Crippen LogP contribution in [0, 0.1) is 6.92 Å². The second kappa shape index (κ2) is 6.17. The van der Waals surface area contributed by atoms with Gasteiger partial charge < -0.3 is 5.32 Å². The van der Waals surface area contributed by atoms with Crippen molar-refractivity contribution in [2.24, 2.45) is 0 Å². The molecule has 7 heteroatoms. The molecule has 0 saturated heterocycles. The summed E-state index contributed by atoms with van der Waals surface area (Å²) in [6.45, 7) is 2.40. The van der Waals surface area contributed by atoms with Crippen LogP contribution in [0.2, 0.25) is 0 Å². The summed E-state index contributed by atoms with van der Waals surface area (Å²) in [5.74, 6) is -3.41. The smallest absolute Gasteiger partial charge is 0.341 e. The van der Waals surface area contributed by atoms with E-state index in [1.807, 2.05) is 19.1 Å². The Morgan fingerprint density at radius 1 is 1.14 bits per heavy atom. The van der Waals surface area contributed by atoms with Crippen LogP contribution in [0.5, 0.6) is 0 Å². The highest BCUT2D eigenvalue weighted by atomic mass is 32.2. The van der Waals surface area contributed by atoms with Gasteiger partial charge in [-0.25, -0.2) is 8.42 Å². The molecule has 0 radical (unpaired) electrons. The molecule has 1 heterocycles. The van der Waals surface area contributed by atoms with Crippen molar-refractivity contribution >= 4 is 15.5 Å². The van der Waals surface area contributed by atoms with Crippen LogP contribution in [-0.2, 0) is 16.4 Å². The van der Waals surface area contributed by atoms with Gasteiger partial charge in [-0.2, -0.15) is 8.78 Å². The molecular formula is C14H14F2N2O2S. The molecule has 0 spiro atoms. The molecule has 1 N–H and O–H groups in total. The van der Waals surface area contributed by atoms with Crippen molar-refractivity contribution in [3.05, 3.63) is 53.9 Å². The van der Waals surface area contributed by atoms with E-state index in [1.54, 1.807) is 6.20 Å². The topological polar surface area (TPSA) is 59.1 Å². The Morgan fingerprint density at radius 3 is 2.33 bits per heavy atom. The van der Waals surface area contributed by atoms with E-state index in [0.717, 1.165) is 23.4 Å². The summed E-state index contributed by atoms with van der Waals surface area (Å²) in [7, 11) is -4.54. The van der Waals surface area contributed by atoms with Gasteiger partial charge in [-0.15, -0.1) is 0 Å². The maximum Gasteiger partial charge on any atom is 0.341 e. The van der Waals surface area contributed by atoms with Crippen molar-refractivity contribution in [1.82, 2.24) is 4.98 Å². The van der Waals surface area contributed by atoms with Gasteiger partial charge in [-0.05, 0) is 42.8 Å². The molecule has 0 amide bonds. The van der Waals surface area contributed by atoms with E-state index < -0.39 is 15.6 Å². The molecule has 0 bridgehead atoms. The fourth-order valence-electron chi connectivity index (χ4n) is 1.67. The molecule has 2 aromatic rings. The number of hydrogen-bond acceptors (Lipinski definition) is 4. The van der Waals surface area contributed by atoms with Gasteiger partial charge in [0, 0.05) is 24.1 Å². The van der Waals surface area contributed by atoms with E-state index in [9.17, 15) is 17.2 Å². The summed E-state index contributed by atoms with van der Waals surface area (Å²) in [4.78, 5) is 3.77. The van der Waals surface area contributed by atoms with E-state index in [-0.39, 0.29) is 4.90 Å². The van der Waals surface area contributed by atoms with Crippen molar-refractivity contribution < 1.29 is 17.2 Å². The van der Waals surface area contributed by atoms with Crippen molar-refractivity contribution in [3.8, 4) is 0 Å². The van der Waals surface area contributed by atoms with Crippen LogP contribution in [0.4, 0.5) is 14.5 Å². The van der Waals surface area contributed by atoms with Crippen molar-refractivity contribution in [2.45, 2.75) is 24.1 Å².